The summed E-state index contributed by atoms with van der Waals surface area (Å²) in [6, 6.07) is 0. The molecule has 3 heteroatoms. The highest BCUT2D eigenvalue weighted by molar-refractivity contribution is 4.96. The molecule has 0 bridgehead atoms. The minimum Gasteiger partial charge on any atom is -0.373 e. The molecule has 4 atom stereocenters. The Morgan fingerprint density at radius 1 is 1.11 bits per heavy atom. The number of nitrogens with zero attached hydrogens (tertiary/aromatic N) is 1. The van der Waals surface area contributed by atoms with Crippen LogP contribution in [0, 0.1) is 5.92 Å². The molecule has 4 unspecified atom stereocenters. The van der Waals surface area contributed by atoms with E-state index in [1.54, 1.807) is 0 Å². The van der Waals surface area contributed by atoms with E-state index in [0.29, 0.717) is 12.2 Å². The lowest BCUT2D eigenvalue weighted by molar-refractivity contribution is -0.104. The molecule has 0 aromatic heterocycles. The first-order chi connectivity index (χ1) is 8.55. The van der Waals surface area contributed by atoms with Crippen molar-refractivity contribution in [1.82, 2.24) is 4.90 Å². The SMILES string of the molecule is CC1CCCC(CN)(N2CC(C)OC(C)C2)CC1. The molecule has 1 aliphatic heterocycles. The molecule has 2 fully saturated rings. The Hall–Kier alpha value is -0.120. The number of rotatable bonds is 2. The van der Waals surface area contributed by atoms with Gasteiger partial charge in [0.2, 0.25) is 0 Å². The highest BCUT2D eigenvalue weighted by Crippen LogP contribution is 2.35. The monoisotopic (exact) mass is 254 g/mol. The first kappa shape index (κ1) is 14.3. The van der Waals surface area contributed by atoms with Crippen LogP contribution in [-0.2, 0) is 4.74 Å². The van der Waals surface area contributed by atoms with Gasteiger partial charge in [-0.25, -0.2) is 0 Å². The third-order valence-electron chi connectivity index (χ3n) is 4.91. The average Bonchev–Trinajstić information content (AvgIpc) is 2.51. The summed E-state index contributed by atoms with van der Waals surface area (Å²) in [6.07, 6.45) is 7.26. The molecule has 0 spiro atoms. The molecule has 0 aromatic rings. The number of ether oxygens (including phenoxy) is 1. The summed E-state index contributed by atoms with van der Waals surface area (Å²) in [7, 11) is 0. The van der Waals surface area contributed by atoms with Crippen LogP contribution >= 0.6 is 0 Å². The minimum absolute atomic E-state index is 0.247. The van der Waals surface area contributed by atoms with E-state index < -0.39 is 0 Å². The van der Waals surface area contributed by atoms with Crippen molar-refractivity contribution in [3.8, 4) is 0 Å². The van der Waals surface area contributed by atoms with Gasteiger partial charge >= 0.3 is 0 Å². The predicted molar refractivity (Wildman–Crippen MR) is 75.6 cm³/mol. The van der Waals surface area contributed by atoms with Gasteiger partial charge in [-0.05, 0) is 39.0 Å². The molecule has 2 rings (SSSR count). The van der Waals surface area contributed by atoms with Crippen molar-refractivity contribution in [1.29, 1.82) is 0 Å². The summed E-state index contributed by atoms with van der Waals surface area (Å²) in [5, 5.41) is 0. The molecule has 0 amide bonds. The molecule has 1 heterocycles. The summed E-state index contributed by atoms with van der Waals surface area (Å²) >= 11 is 0. The summed E-state index contributed by atoms with van der Waals surface area (Å²) in [5.41, 5.74) is 6.44. The van der Waals surface area contributed by atoms with Crippen molar-refractivity contribution in [2.24, 2.45) is 11.7 Å². The van der Waals surface area contributed by atoms with E-state index in [1.165, 1.54) is 32.1 Å². The van der Waals surface area contributed by atoms with Crippen LogP contribution in [0.3, 0.4) is 0 Å². The fraction of sp³-hybridized carbons (Fsp3) is 1.00. The summed E-state index contributed by atoms with van der Waals surface area (Å²) in [4.78, 5) is 2.64. The van der Waals surface area contributed by atoms with Gasteiger partial charge in [0.1, 0.15) is 0 Å². The van der Waals surface area contributed by atoms with Crippen LogP contribution in [0.5, 0.6) is 0 Å². The summed E-state index contributed by atoms with van der Waals surface area (Å²) in [5.74, 6) is 0.870. The fourth-order valence-electron chi connectivity index (χ4n) is 3.78. The molecule has 18 heavy (non-hydrogen) atoms. The highest BCUT2D eigenvalue weighted by Gasteiger charge is 2.40. The number of morpholine rings is 1. The van der Waals surface area contributed by atoms with E-state index in [2.05, 4.69) is 25.7 Å². The van der Waals surface area contributed by atoms with Crippen molar-refractivity contribution in [3.05, 3.63) is 0 Å². The lowest BCUT2D eigenvalue weighted by Crippen LogP contribution is -2.60. The maximum absolute atomic E-state index is 6.19. The van der Waals surface area contributed by atoms with Crippen molar-refractivity contribution in [2.45, 2.75) is 70.6 Å². The zero-order valence-electron chi connectivity index (χ0n) is 12.3. The van der Waals surface area contributed by atoms with Gasteiger partial charge in [0.05, 0.1) is 12.2 Å². The lowest BCUT2D eigenvalue weighted by Gasteiger charge is -2.48. The van der Waals surface area contributed by atoms with Crippen LogP contribution < -0.4 is 5.73 Å². The molecule has 1 saturated carbocycles. The second-order valence-electron chi connectivity index (χ2n) is 6.63. The molecular formula is C15H30N2O. The Kier molecular flexibility index (Phi) is 4.68. The van der Waals surface area contributed by atoms with Gasteiger partial charge in [0, 0.05) is 25.2 Å². The zero-order chi connectivity index (χ0) is 13.2. The van der Waals surface area contributed by atoms with Gasteiger partial charge in [-0.3, -0.25) is 4.90 Å². The maximum atomic E-state index is 6.19. The van der Waals surface area contributed by atoms with E-state index in [9.17, 15) is 0 Å². The van der Waals surface area contributed by atoms with E-state index in [4.69, 9.17) is 10.5 Å². The Bertz CT molecular complexity index is 261. The van der Waals surface area contributed by atoms with Gasteiger partial charge in [0.25, 0.3) is 0 Å². The molecular weight excluding hydrogens is 224 g/mol. The number of hydrogen-bond donors (Lipinski definition) is 1. The standard InChI is InChI=1S/C15H30N2O/c1-12-5-4-7-15(11-16,8-6-12)17-9-13(2)18-14(3)10-17/h12-14H,4-11,16H2,1-3H3. The van der Waals surface area contributed by atoms with Crippen LogP contribution in [0.15, 0.2) is 0 Å². The second kappa shape index (κ2) is 5.89. The van der Waals surface area contributed by atoms with Gasteiger partial charge in [-0.2, -0.15) is 0 Å². The summed E-state index contributed by atoms with van der Waals surface area (Å²) in [6.45, 7) is 9.67. The van der Waals surface area contributed by atoms with Crippen molar-refractivity contribution in [3.63, 3.8) is 0 Å². The van der Waals surface area contributed by atoms with Crippen LogP contribution in [-0.4, -0.2) is 42.3 Å². The highest BCUT2D eigenvalue weighted by atomic mass is 16.5. The zero-order valence-corrected chi connectivity index (χ0v) is 12.3. The van der Waals surface area contributed by atoms with E-state index in [1.807, 2.05) is 0 Å². The van der Waals surface area contributed by atoms with Gasteiger partial charge in [-0.15, -0.1) is 0 Å². The lowest BCUT2D eigenvalue weighted by atomic mass is 9.86. The van der Waals surface area contributed by atoms with Crippen LogP contribution in [0.2, 0.25) is 0 Å². The predicted octanol–water partition coefficient (Wildman–Crippen LogP) is 2.39. The van der Waals surface area contributed by atoms with E-state index >= 15 is 0 Å². The molecule has 0 radical (unpaired) electrons. The average molecular weight is 254 g/mol. The van der Waals surface area contributed by atoms with Crippen molar-refractivity contribution >= 4 is 0 Å². The minimum atomic E-state index is 0.247. The fourth-order valence-corrected chi connectivity index (χ4v) is 3.78. The van der Waals surface area contributed by atoms with Crippen LogP contribution in [0.25, 0.3) is 0 Å². The third-order valence-corrected chi connectivity index (χ3v) is 4.91. The van der Waals surface area contributed by atoms with Crippen LogP contribution in [0.4, 0.5) is 0 Å². The quantitative estimate of drug-likeness (QED) is 0.769. The molecule has 2 aliphatic rings. The second-order valence-corrected chi connectivity index (χ2v) is 6.63. The Balaban J connectivity index is 2.10. The smallest absolute Gasteiger partial charge is 0.0678 e. The maximum Gasteiger partial charge on any atom is 0.0678 e. The largest absolute Gasteiger partial charge is 0.373 e. The Morgan fingerprint density at radius 3 is 2.39 bits per heavy atom. The topological polar surface area (TPSA) is 38.5 Å². The van der Waals surface area contributed by atoms with E-state index in [-0.39, 0.29) is 5.54 Å². The van der Waals surface area contributed by atoms with Crippen molar-refractivity contribution < 1.29 is 4.74 Å². The molecule has 1 saturated heterocycles. The molecule has 3 nitrogen and oxygen atoms in total. The van der Waals surface area contributed by atoms with Crippen molar-refractivity contribution in [2.75, 3.05) is 19.6 Å². The molecule has 0 aromatic carbocycles. The Labute approximate surface area is 112 Å². The number of nitrogens with two attached hydrogens (primary N) is 1. The molecule has 2 N–H and O–H groups in total. The van der Waals surface area contributed by atoms with Gasteiger partial charge in [-0.1, -0.05) is 19.8 Å². The molecule has 1 aliphatic carbocycles. The first-order valence-electron chi connectivity index (χ1n) is 7.66. The first-order valence-corrected chi connectivity index (χ1v) is 7.66. The van der Waals surface area contributed by atoms with E-state index in [0.717, 1.165) is 25.6 Å². The van der Waals surface area contributed by atoms with Gasteiger partial charge < -0.3 is 10.5 Å². The molecule has 106 valence electrons. The third kappa shape index (κ3) is 3.06. The summed E-state index contributed by atoms with van der Waals surface area (Å²) < 4.78 is 5.87. The normalized spacial score (nSPS) is 43.7. The van der Waals surface area contributed by atoms with Crippen LogP contribution in [0.1, 0.15) is 52.9 Å². The number of hydrogen-bond acceptors (Lipinski definition) is 3. The Morgan fingerprint density at radius 2 is 1.78 bits per heavy atom. The van der Waals surface area contributed by atoms with Gasteiger partial charge in [0.15, 0.2) is 0 Å².